The molecule has 0 aliphatic carbocycles. The van der Waals surface area contributed by atoms with Gasteiger partial charge in [-0.15, -0.1) is 0 Å². The lowest BCUT2D eigenvalue weighted by atomic mass is 9.88. The second-order valence-corrected chi connectivity index (χ2v) is 10.1. The van der Waals surface area contributed by atoms with Crippen molar-refractivity contribution in [3.8, 4) is 0 Å². The summed E-state index contributed by atoms with van der Waals surface area (Å²) in [7, 11) is 0. The van der Waals surface area contributed by atoms with Crippen LogP contribution < -0.4 is 0 Å². The van der Waals surface area contributed by atoms with E-state index in [0.717, 1.165) is 36.0 Å². The Morgan fingerprint density at radius 1 is 0.923 bits per heavy atom. The van der Waals surface area contributed by atoms with E-state index in [4.69, 9.17) is 19.2 Å². The third kappa shape index (κ3) is 9.41. The molecule has 1 saturated heterocycles. The molecule has 0 spiro atoms. The molecule has 39 heavy (non-hydrogen) atoms. The molecule has 2 aromatic carbocycles. The Bertz CT molecular complexity index is 952. The van der Waals surface area contributed by atoms with E-state index in [1.54, 1.807) is 12.3 Å². The zero-order chi connectivity index (χ0) is 27.7. The largest absolute Gasteiger partial charge is 0.470 e. The minimum absolute atomic E-state index is 0.308. The first-order valence-corrected chi connectivity index (χ1v) is 14.5. The molecule has 0 amide bonds. The lowest BCUT2D eigenvalue weighted by molar-refractivity contribution is -0.236. The van der Waals surface area contributed by atoms with Gasteiger partial charge in [-0.05, 0) is 13.3 Å². The van der Waals surface area contributed by atoms with Crippen molar-refractivity contribution in [3.05, 3.63) is 84.1 Å². The van der Waals surface area contributed by atoms with Crippen LogP contribution in [0.15, 0.2) is 78.0 Å². The number of carbonyl (C=O) groups excluding carboxylic acids is 1. The van der Waals surface area contributed by atoms with Crippen LogP contribution in [0.3, 0.4) is 0 Å². The fourth-order valence-electron chi connectivity index (χ4n) is 4.99. The predicted octanol–water partition coefficient (Wildman–Crippen LogP) is 6.50. The van der Waals surface area contributed by atoms with Crippen LogP contribution in [-0.2, 0) is 19.0 Å². The van der Waals surface area contributed by atoms with E-state index in [2.05, 4.69) is 6.92 Å². The lowest BCUT2D eigenvalue weighted by Crippen LogP contribution is -2.57. The monoisotopic (exact) mass is 535 g/mol. The van der Waals surface area contributed by atoms with Gasteiger partial charge in [-0.3, -0.25) is 4.99 Å². The van der Waals surface area contributed by atoms with Gasteiger partial charge in [0, 0.05) is 17.7 Å². The standard InChI is InChI=1S/C33H45NO5/c1-3-5-6-7-8-9-10-17-23-37-32-28(24-35)29(25-36)39-33(38-22-4-2)31(32)34-30(26-18-13-11-14-19-26)27-20-15-12-16-21-27/h4,11-16,18-22,24,28-29,31-33,36H,3,5-10,17,23,25H2,1-2H3/b22-4-/t28-,29?,31-,32?,33+/m1/s1. The molecule has 5 atom stereocenters. The van der Waals surface area contributed by atoms with Crippen molar-refractivity contribution in [1.82, 2.24) is 0 Å². The molecule has 2 aromatic rings. The smallest absolute Gasteiger partial charge is 0.224 e. The van der Waals surface area contributed by atoms with Gasteiger partial charge in [-0.25, -0.2) is 0 Å². The summed E-state index contributed by atoms with van der Waals surface area (Å²) in [6.07, 6.45) is 11.6. The number of allylic oxidation sites excluding steroid dienone is 1. The van der Waals surface area contributed by atoms with E-state index in [-0.39, 0.29) is 6.61 Å². The van der Waals surface area contributed by atoms with Crippen molar-refractivity contribution >= 4 is 12.0 Å². The van der Waals surface area contributed by atoms with Gasteiger partial charge < -0.3 is 24.1 Å². The molecular formula is C33H45NO5. The van der Waals surface area contributed by atoms with Gasteiger partial charge >= 0.3 is 0 Å². The van der Waals surface area contributed by atoms with Crippen molar-refractivity contribution in [2.45, 2.75) is 89.8 Å². The highest BCUT2D eigenvalue weighted by Crippen LogP contribution is 2.32. The minimum atomic E-state index is -0.819. The van der Waals surface area contributed by atoms with E-state index in [1.807, 2.05) is 67.6 Å². The number of unbranched alkanes of at least 4 members (excludes halogenated alkanes) is 7. The van der Waals surface area contributed by atoms with Gasteiger partial charge in [0.25, 0.3) is 0 Å². The van der Waals surface area contributed by atoms with Crippen LogP contribution in [0, 0.1) is 5.92 Å². The van der Waals surface area contributed by atoms with Crippen LogP contribution in [0.4, 0.5) is 0 Å². The van der Waals surface area contributed by atoms with Crippen LogP contribution in [0.1, 0.15) is 76.3 Å². The lowest BCUT2D eigenvalue weighted by Gasteiger charge is -2.42. The normalized spacial score (nSPS) is 23.0. The van der Waals surface area contributed by atoms with Crippen LogP contribution in [-0.4, -0.2) is 54.9 Å². The van der Waals surface area contributed by atoms with Crippen LogP contribution >= 0.6 is 0 Å². The summed E-state index contributed by atoms with van der Waals surface area (Å²) in [6.45, 7) is 4.29. The summed E-state index contributed by atoms with van der Waals surface area (Å²) >= 11 is 0. The molecule has 0 saturated carbocycles. The van der Waals surface area contributed by atoms with Crippen molar-refractivity contribution in [3.63, 3.8) is 0 Å². The highest BCUT2D eigenvalue weighted by atomic mass is 16.7. The third-order valence-electron chi connectivity index (χ3n) is 7.10. The van der Waals surface area contributed by atoms with Crippen molar-refractivity contribution < 1.29 is 24.1 Å². The number of benzene rings is 2. The maximum atomic E-state index is 12.3. The predicted molar refractivity (Wildman–Crippen MR) is 156 cm³/mol. The molecule has 0 aromatic heterocycles. The summed E-state index contributed by atoms with van der Waals surface area (Å²) in [5, 5.41) is 10.1. The zero-order valence-corrected chi connectivity index (χ0v) is 23.5. The van der Waals surface area contributed by atoms with Crippen LogP contribution in [0.2, 0.25) is 0 Å². The Morgan fingerprint density at radius 2 is 1.51 bits per heavy atom. The fourth-order valence-corrected chi connectivity index (χ4v) is 4.99. The Hall–Kier alpha value is -2.80. The zero-order valence-electron chi connectivity index (χ0n) is 23.5. The van der Waals surface area contributed by atoms with E-state index in [0.29, 0.717) is 6.61 Å². The maximum Gasteiger partial charge on any atom is 0.224 e. The second kappa shape index (κ2) is 17.7. The van der Waals surface area contributed by atoms with Gasteiger partial charge in [0.2, 0.25) is 6.29 Å². The van der Waals surface area contributed by atoms with Gasteiger partial charge in [-0.1, -0.05) is 119 Å². The first-order valence-electron chi connectivity index (χ1n) is 14.5. The van der Waals surface area contributed by atoms with Crippen molar-refractivity contribution in [2.75, 3.05) is 13.2 Å². The second-order valence-electron chi connectivity index (χ2n) is 10.1. The number of aldehydes is 1. The highest BCUT2D eigenvalue weighted by molar-refractivity contribution is 6.13. The Labute approximate surface area is 234 Å². The third-order valence-corrected chi connectivity index (χ3v) is 7.10. The molecule has 1 aliphatic heterocycles. The van der Waals surface area contributed by atoms with Gasteiger partial charge in [0.05, 0.1) is 36.7 Å². The quantitative estimate of drug-likeness (QED) is 0.108. The molecule has 6 nitrogen and oxygen atoms in total. The molecule has 1 heterocycles. The first-order chi connectivity index (χ1) is 19.2. The topological polar surface area (TPSA) is 77.3 Å². The summed E-state index contributed by atoms with van der Waals surface area (Å²) < 4.78 is 18.5. The maximum absolute atomic E-state index is 12.3. The number of aliphatic hydroxyl groups excluding tert-OH is 1. The summed E-state index contributed by atoms with van der Waals surface area (Å²) in [5.74, 6) is -0.670. The average Bonchev–Trinajstić information content (AvgIpc) is 2.98. The molecule has 1 N–H and O–H groups in total. The van der Waals surface area contributed by atoms with Crippen molar-refractivity contribution in [1.29, 1.82) is 0 Å². The molecule has 0 radical (unpaired) electrons. The molecule has 212 valence electrons. The fraction of sp³-hybridized carbons (Fsp3) is 0.515. The number of hydrogen-bond acceptors (Lipinski definition) is 6. The number of aliphatic imine (C=N–C) groups is 1. The number of hydrogen-bond donors (Lipinski definition) is 1. The summed E-state index contributed by atoms with van der Waals surface area (Å²) in [6, 6.07) is 19.3. The van der Waals surface area contributed by atoms with Crippen LogP contribution in [0.5, 0.6) is 0 Å². The van der Waals surface area contributed by atoms with E-state index < -0.39 is 30.5 Å². The Balaban J connectivity index is 1.87. The molecule has 2 unspecified atom stereocenters. The molecule has 3 rings (SSSR count). The van der Waals surface area contributed by atoms with Crippen molar-refractivity contribution in [2.24, 2.45) is 10.9 Å². The molecule has 1 aliphatic rings. The van der Waals surface area contributed by atoms with Gasteiger partial charge in [0.15, 0.2) is 0 Å². The number of aliphatic hydroxyl groups is 1. The molecule has 6 heteroatoms. The first kappa shape index (κ1) is 30.7. The van der Waals surface area contributed by atoms with E-state index in [9.17, 15) is 9.90 Å². The number of nitrogens with zero attached hydrogens (tertiary/aromatic N) is 1. The minimum Gasteiger partial charge on any atom is -0.470 e. The van der Waals surface area contributed by atoms with E-state index >= 15 is 0 Å². The number of rotatable bonds is 17. The average molecular weight is 536 g/mol. The summed E-state index contributed by atoms with van der Waals surface area (Å²) in [4.78, 5) is 17.5. The number of carbonyl (C=O) groups is 1. The van der Waals surface area contributed by atoms with Crippen LogP contribution in [0.25, 0.3) is 0 Å². The molecular weight excluding hydrogens is 490 g/mol. The highest BCUT2D eigenvalue weighted by Gasteiger charge is 2.47. The molecule has 1 fully saturated rings. The number of ether oxygens (including phenoxy) is 3. The SMILES string of the molecule is C/C=C\O[C@H]1OC(CO)[C@@H](C=O)C(OCCCCCCCCCC)[C@H]1N=C(c1ccccc1)c1ccccc1. The molecule has 0 bridgehead atoms. The summed E-state index contributed by atoms with van der Waals surface area (Å²) in [5.41, 5.74) is 2.66. The Morgan fingerprint density at radius 3 is 2.05 bits per heavy atom. The Kier molecular flexibility index (Phi) is 14.0. The van der Waals surface area contributed by atoms with Gasteiger partial charge in [0.1, 0.15) is 12.3 Å². The van der Waals surface area contributed by atoms with Gasteiger partial charge in [-0.2, -0.15) is 0 Å². The van der Waals surface area contributed by atoms with E-state index in [1.165, 1.54) is 38.5 Å².